The minimum atomic E-state index is 0.351. The number of likely N-dealkylation sites (tertiary alicyclic amines) is 1. The summed E-state index contributed by atoms with van der Waals surface area (Å²) < 4.78 is 1.90. The molecule has 2 aromatic rings. The SMILES string of the molecule is N#Cc1cnn(C2CCN(Cc3ccncn3)C2)c1. The molecule has 3 rings (SSSR count). The van der Waals surface area contributed by atoms with E-state index in [1.807, 2.05) is 16.9 Å². The third kappa shape index (κ3) is 2.61. The summed E-state index contributed by atoms with van der Waals surface area (Å²) in [5, 5.41) is 13.1. The van der Waals surface area contributed by atoms with Crippen molar-refractivity contribution in [2.24, 2.45) is 0 Å². The Hall–Kier alpha value is -2.26. The molecule has 1 saturated heterocycles. The van der Waals surface area contributed by atoms with Gasteiger partial charge in [0.2, 0.25) is 0 Å². The van der Waals surface area contributed by atoms with Crippen LogP contribution in [0.25, 0.3) is 0 Å². The van der Waals surface area contributed by atoms with Crippen molar-refractivity contribution in [3.05, 3.63) is 42.2 Å². The van der Waals surface area contributed by atoms with E-state index in [1.165, 1.54) is 0 Å². The highest BCUT2D eigenvalue weighted by Crippen LogP contribution is 2.22. The Morgan fingerprint density at radius 3 is 3.16 bits per heavy atom. The van der Waals surface area contributed by atoms with E-state index >= 15 is 0 Å². The lowest BCUT2D eigenvalue weighted by atomic mass is 10.3. The summed E-state index contributed by atoms with van der Waals surface area (Å²) in [6.07, 6.45) is 7.84. The van der Waals surface area contributed by atoms with E-state index in [4.69, 9.17) is 5.26 Å². The van der Waals surface area contributed by atoms with Crippen molar-refractivity contribution in [3.8, 4) is 6.07 Å². The molecule has 0 amide bonds. The molecule has 1 unspecified atom stereocenters. The van der Waals surface area contributed by atoms with Crippen LogP contribution in [-0.2, 0) is 6.54 Å². The molecular weight excluding hydrogens is 240 g/mol. The smallest absolute Gasteiger partial charge is 0.115 e. The van der Waals surface area contributed by atoms with Gasteiger partial charge < -0.3 is 0 Å². The molecule has 2 aromatic heterocycles. The summed E-state index contributed by atoms with van der Waals surface area (Å²) in [5.74, 6) is 0. The molecule has 19 heavy (non-hydrogen) atoms. The molecule has 0 aromatic carbocycles. The van der Waals surface area contributed by atoms with Crippen LogP contribution in [0.1, 0.15) is 23.7 Å². The lowest BCUT2D eigenvalue weighted by molar-refractivity contribution is 0.308. The molecule has 1 atom stereocenters. The Labute approximate surface area is 111 Å². The quantitative estimate of drug-likeness (QED) is 0.817. The van der Waals surface area contributed by atoms with Crippen LogP contribution in [0, 0.1) is 11.3 Å². The Balaban J connectivity index is 1.63. The van der Waals surface area contributed by atoms with E-state index in [0.29, 0.717) is 11.6 Å². The highest BCUT2D eigenvalue weighted by molar-refractivity contribution is 5.22. The molecule has 0 N–H and O–H groups in total. The Morgan fingerprint density at radius 1 is 1.47 bits per heavy atom. The summed E-state index contributed by atoms with van der Waals surface area (Å²) in [6.45, 7) is 2.80. The first-order chi connectivity index (χ1) is 9.35. The molecule has 3 heterocycles. The molecule has 1 aliphatic rings. The molecule has 0 saturated carbocycles. The lowest BCUT2D eigenvalue weighted by Crippen LogP contribution is -2.21. The number of nitrogens with zero attached hydrogens (tertiary/aromatic N) is 6. The molecule has 1 aliphatic heterocycles. The van der Waals surface area contributed by atoms with Crippen LogP contribution in [0.15, 0.2) is 31.0 Å². The highest BCUT2D eigenvalue weighted by atomic mass is 15.3. The zero-order valence-electron chi connectivity index (χ0n) is 10.5. The Kier molecular flexibility index (Phi) is 3.21. The second-order valence-corrected chi connectivity index (χ2v) is 4.70. The van der Waals surface area contributed by atoms with Gasteiger partial charge in [0.25, 0.3) is 0 Å². The second-order valence-electron chi connectivity index (χ2n) is 4.70. The topological polar surface area (TPSA) is 70.6 Å². The minimum Gasteiger partial charge on any atom is -0.295 e. The van der Waals surface area contributed by atoms with E-state index in [1.54, 1.807) is 18.7 Å². The fourth-order valence-electron chi connectivity index (χ4n) is 2.41. The van der Waals surface area contributed by atoms with Crippen molar-refractivity contribution in [2.45, 2.75) is 19.0 Å². The van der Waals surface area contributed by atoms with Crippen molar-refractivity contribution >= 4 is 0 Å². The second kappa shape index (κ2) is 5.16. The third-order valence-corrected chi connectivity index (χ3v) is 3.38. The first-order valence-corrected chi connectivity index (χ1v) is 6.26. The summed E-state index contributed by atoms with van der Waals surface area (Å²) >= 11 is 0. The van der Waals surface area contributed by atoms with Crippen LogP contribution in [0.2, 0.25) is 0 Å². The number of aromatic nitrogens is 4. The van der Waals surface area contributed by atoms with Crippen LogP contribution in [0.4, 0.5) is 0 Å². The first-order valence-electron chi connectivity index (χ1n) is 6.26. The number of hydrogen-bond acceptors (Lipinski definition) is 5. The van der Waals surface area contributed by atoms with Gasteiger partial charge in [0.05, 0.1) is 23.5 Å². The molecule has 0 radical (unpaired) electrons. The predicted octanol–water partition coefficient (Wildman–Crippen LogP) is 0.992. The largest absolute Gasteiger partial charge is 0.295 e. The van der Waals surface area contributed by atoms with Gasteiger partial charge in [0, 0.05) is 32.0 Å². The maximum Gasteiger partial charge on any atom is 0.115 e. The van der Waals surface area contributed by atoms with Gasteiger partial charge in [-0.25, -0.2) is 9.97 Å². The maximum absolute atomic E-state index is 8.81. The highest BCUT2D eigenvalue weighted by Gasteiger charge is 2.24. The first kappa shape index (κ1) is 11.8. The van der Waals surface area contributed by atoms with Crippen molar-refractivity contribution in [1.29, 1.82) is 5.26 Å². The van der Waals surface area contributed by atoms with Crippen LogP contribution < -0.4 is 0 Å². The molecule has 96 valence electrons. The molecule has 0 bridgehead atoms. The van der Waals surface area contributed by atoms with Crippen LogP contribution in [0.3, 0.4) is 0 Å². The van der Waals surface area contributed by atoms with Crippen molar-refractivity contribution in [2.75, 3.05) is 13.1 Å². The Morgan fingerprint density at radius 2 is 2.42 bits per heavy atom. The molecule has 6 nitrogen and oxygen atoms in total. The van der Waals surface area contributed by atoms with E-state index in [9.17, 15) is 0 Å². The van der Waals surface area contributed by atoms with Crippen LogP contribution >= 0.6 is 0 Å². The summed E-state index contributed by atoms with van der Waals surface area (Å²) in [5.41, 5.74) is 1.66. The molecule has 0 spiro atoms. The van der Waals surface area contributed by atoms with Gasteiger partial charge in [-0.05, 0) is 12.5 Å². The van der Waals surface area contributed by atoms with Gasteiger partial charge in [0.1, 0.15) is 12.4 Å². The van der Waals surface area contributed by atoms with Gasteiger partial charge in [-0.15, -0.1) is 0 Å². The van der Waals surface area contributed by atoms with E-state index < -0.39 is 0 Å². The monoisotopic (exact) mass is 254 g/mol. The van der Waals surface area contributed by atoms with E-state index in [-0.39, 0.29) is 0 Å². The van der Waals surface area contributed by atoms with E-state index in [2.05, 4.69) is 26.0 Å². The van der Waals surface area contributed by atoms with Crippen LogP contribution in [0.5, 0.6) is 0 Å². The summed E-state index contributed by atoms with van der Waals surface area (Å²) in [4.78, 5) is 10.5. The van der Waals surface area contributed by atoms with Crippen molar-refractivity contribution in [3.63, 3.8) is 0 Å². The number of hydrogen-bond donors (Lipinski definition) is 0. The normalized spacial score (nSPS) is 19.4. The van der Waals surface area contributed by atoms with Gasteiger partial charge >= 0.3 is 0 Å². The molecular formula is C13H14N6. The summed E-state index contributed by atoms with van der Waals surface area (Å²) in [7, 11) is 0. The minimum absolute atomic E-state index is 0.351. The number of nitriles is 1. The molecule has 0 aliphatic carbocycles. The molecule has 1 fully saturated rings. The third-order valence-electron chi connectivity index (χ3n) is 3.38. The number of rotatable bonds is 3. The van der Waals surface area contributed by atoms with Gasteiger partial charge in [-0.1, -0.05) is 0 Å². The van der Waals surface area contributed by atoms with Gasteiger partial charge in [0.15, 0.2) is 0 Å². The fraction of sp³-hybridized carbons (Fsp3) is 0.385. The summed E-state index contributed by atoms with van der Waals surface area (Å²) in [6, 6.07) is 4.40. The van der Waals surface area contributed by atoms with Gasteiger partial charge in [-0.2, -0.15) is 10.4 Å². The predicted molar refractivity (Wildman–Crippen MR) is 67.9 cm³/mol. The van der Waals surface area contributed by atoms with Crippen molar-refractivity contribution < 1.29 is 0 Å². The maximum atomic E-state index is 8.81. The van der Waals surface area contributed by atoms with Gasteiger partial charge in [-0.3, -0.25) is 9.58 Å². The van der Waals surface area contributed by atoms with E-state index in [0.717, 1.165) is 31.7 Å². The lowest BCUT2D eigenvalue weighted by Gasteiger charge is -2.15. The van der Waals surface area contributed by atoms with Crippen molar-refractivity contribution in [1.82, 2.24) is 24.6 Å². The Bertz CT molecular complexity index is 585. The standard InChI is InChI=1S/C13H14N6/c14-5-11-6-17-19(7-11)13-2-4-18(9-13)8-12-1-3-15-10-16-12/h1,3,6-7,10,13H,2,4,8-9H2. The molecule has 6 heteroatoms. The van der Waals surface area contributed by atoms with Crippen LogP contribution in [-0.4, -0.2) is 37.7 Å². The average molecular weight is 254 g/mol. The zero-order chi connectivity index (χ0) is 13.1. The fourth-order valence-corrected chi connectivity index (χ4v) is 2.41. The zero-order valence-corrected chi connectivity index (χ0v) is 10.5. The average Bonchev–Trinajstić information content (AvgIpc) is 3.08.